The summed E-state index contributed by atoms with van der Waals surface area (Å²) in [5, 5.41) is 23.9. The number of hydrogen-bond acceptors (Lipinski definition) is 14. The van der Waals surface area contributed by atoms with Gasteiger partial charge in [-0.05, 0) is 66.8 Å². The van der Waals surface area contributed by atoms with Crippen LogP contribution in [0.25, 0.3) is 22.3 Å². The monoisotopic (exact) mass is 1250 g/mol. The fourth-order valence-electron chi connectivity index (χ4n) is 9.71. The van der Waals surface area contributed by atoms with E-state index in [1.165, 1.54) is 23.8 Å². The van der Waals surface area contributed by atoms with Crippen molar-refractivity contribution in [3.8, 4) is 11.4 Å². The molecule has 1 saturated carbocycles. The zero-order chi connectivity index (χ0) is 55.1. The second-order valence-corrected chi connectivity index (χ2v) is 20.9. The molecule has 7 N–H and O–H groups in total. The number of carboxylic acids is 1. The van der Waals surface area contributed by atoms with Crippen LogP contribution in [-0.4, -0.2) is 174 Å². The van der Waals surface area contributed by atoms with Crippen LogP contribution in [-0.2, 0) is 72.1 Å². The molecule has 3 aliphatic carbocycles. The Morgan fingerprint density at radius 1 is 0.868 bits per heavy atom. The number of aliphatic carboxylic acids is 1. The van der Waals surface area contributed by atoms with Gasteiger partial charge < -0.3 is 15.0 Å². The minimum absolute atomic E-state index is 0.0849. The molecule has 4 atom stereocenters. The van der Waals surface area contributed by atoms with E-state index in [-0.39, 0.29) is 21.9 Å². The van der Waals surface area contributed by atoms with Gasteiger partial charge in [-0.2, -0.15) is 0 Å². The summed E-state index contributed by atoms with van der Waals surface area (Å²) >= 11 is 0.454. The summed E-state index contributed by atoms with van der Waals surface area (Å²) in [6.07, 6.45) is 6.94. The van der Waals surface area contributed by atoms with Gasteiger partial charge in [-0.3, -0.25) is 24.0 Å². The van der Waals surface area contributed by atoms with Crippen LogP contribution in [0.15, 0.2) is 29.1 Å². The van der Waals surface area contributed by atoms with E-state index in [0.29, 0.717) is 96.4 Å². The Kier molecular flexibility index (Phi) is 18.6. The standard InChI is InChI=1S/C47H52FN10O13.C4H8.Pb/c1-5-24-27-12-32-44-28(19-57(32)47(70)26(27)7-9-34(24)59)43-31(8-6-25-22(2)29(48)13-30(55-44)42(25)43)56(4)40(65)20-71-21-53-36(61)16-51-45(68)23(3)54-37(62)17-50-35(60)15-52-46(69)33(14-49-18-41(66)67)58-38(63)10-11-39(58)64;1-4-2-3-4;/h10-13,23-24,31,33,49H,3,5-9,14-21H2,1-2,4H3,(H,50,60)(H,51,68)(H,52,69)(H,53,61)(H,54,62)(H,66,67);4H,2-3H2,1H3;. The van der Waals surface area contributed by atoms with Crippen LogP contribution in [0.4, 0.5) is 4.39 Å². The number of imide groups is 1. The van der Waals surface area contributed by atoms with Gasteiger partial charge in [0.1, 0.15) is 11.6 Å². The van der Waals surface area contributed by atoms with Gasteiger partial charge in [0.25, 0.3) is 17.4 Å². The fraction of sp³-hybridized carbons (Fsp3) is 0.490. The van der Waals surface area contributed by atoms with Crippen LogP contribution in [0.3, 0.4) is 0 Å². The zero-order valence-electron chi connectivity index (χ0n) is 42.5. The van der Waals surface area contributed by atoms with Gasteiger partial charge in [-0.25, -0.2) is 9.37 Å². The number of nitrogens with zero attached hydrogens (tertiary/aromatic N) is 4. The predicted octanol–water partition coefficient (Wildman–Crippen LogP) is -0.778. The number of halogens is 1. The number of hydrogen-bond donors (Lipinski definition) is 7. The van der Waals surface area contributed by atoms with Crippen molar-refractivity contribution >= 4 is 95.7 Å². The number of benzene rings is 1. The number of fused-ring (bicyclic) bond motifs is 5. The topological polar surface area (TPSA) is 314 Å². The number of carbonyl (C=O) groups excluding carboxylic acids is 9. The number of aryl methyl sites for hydroxylation is 1. The average Bonchev–Trinajstić information content (AvgIpc) is 4.02. The van der Waals surface area contributed by atoms with Crippen molar-refractivity contribution in [2.75, 3.05) is 53.1 Å². The second-order valence-electron chi connectivity index (χ2n) is 19.3. The number of amides is 8. The Morgan fingerprint density at radius 2 is 1.53 bits per heavy atom. The molecule has 0 saturated heterocycles. The molecule has 23 nitrogen and oxygen atoms in total. The van der Waals surface area contributed by atoms with E-state index in [9.17, 15) is 52.7 Å². The molecule has 1 fully saturated rings. The Balaban J connectivity index is 0.00000200. The van der Waals surface area contributed by atoms with Crippen LogP contribution in [0, 0.1) is 18.7 Å². The molecule has 1 aromatic carbocycles. The molecule has 5 aliphatic rings. The first-order valence-electron chi connectivity index (χ1n) is 25.0. The molecule has 8 amide bonds. The van der Waals surface area contributed by atoms with Crippen molar-refractivity contribution < 1.29 is 62.2 Å². The van der Waals surface area contributed by atoms with Gasteiger partial charge in [0.15, 0.2) is 0 Å². The number of Topliss-reactive ketones (excluding diaryl/α,β-unsaturated/α-hetero) is 1. The molecule has 8 rings (SSSR count). The van der Waals surface area contributed by atoms with Crippen molar-refractivity contribution in [3.05, 3.63) is 73.8 Å². The number of carbonyl (C=O) groups is 10. The van der Waals surface area contributed by atoms with Gasteiger partial charge in [0, 0.05) is 54.1 Å². The van der Waals surface area contributed by atoms with E-state index in [2.05, 4.69) is 38.8 Å². The molecule has 4 unspecified atom stereocenters. The molecule has 3 aromatic rings. The molecule has 76 heavy (non-hydrogen) atoms. The summed E-state index contributed by atoms with van der Waals surface area (Å²) in [6, 6.07) is 0.212. The number of aromatic nitrogens is 2. The Bertz CT molecular complexity index is 2980. The van der Waals surface area contributed by atoms with E-state index < -0.39 is 129 Å². The quantitative estimate of drug-likeness (QED) is 0.0233. The summed E-state index contributed by atoms with van der Waals surface area (Å²) in [7, 11) is 1.63. The maximum atomic E-state index is 15.4. The normalized spacial score (nSPS) is 17.6. The summed E-state index contributed by atoms with van der Waals surface area (Å²) in [6.45, 7) is 2.47. The molecule has 2 aromatic heterocycles. The van der Waals surface area contributed by atoms with Crippen LogP contribution in [0.1, 0.15) is 91.3 Å². The van der Waals surface area contributed by atoms with E-state index in [1.807, 2.05) is 13.0 Å². The number of nitrogens with one attached hydrogen (secondary N) is 6. The van der Waals surface area contributed by atoms with Crippen molar-refractivity contribution in [1.82, 2.24) is 51.3 Å². The molecule has 2 aliphatic heterocycles. The van der Waals surface area contributed by atoms with Crippen molar-refractivity contribution in [1.29, 1.82) is 0 Å². The molecule has 403 valence electrons. The minimum atomic E-state index is -1.48. The van der Waals surface area contributed by atoms with Crippen LogP contribution >= 0.6 is 0 Å². The van der Waals surface area contributed by atoms with Crippen LogP contribution in [0.2, 0.25) is 3.98 Å². The van der Waals surface area contributed by atoms with E-state index in [1.54, 1.807) is 18.5 Å². The first-order valence-corrected chi connectivity index (χ1v) is 27.8. The molecular formula is C51H60FN10O13Pb. The smallest absolute Gasteiger partial charge is 0.480 e. The van der Waals surface area contributed by atoms with E-state index in [4.69, 9.17) is 14.8 Å². The summed E-state index contributed by atoms with van der Waals surface area (Å²) in [4.78, 5) is 146. The number of ketones is 1. The Labute approximate surface area is 451 Å². The molecule has 25 heteroatoms. The van der Waals surface area contributed by atoms with Crippen molar-refractivity contribution in [3.63, 3.8) is 0 Å². The third-order valence-corrected chi connectivity index (χ3v) is 15.7. The molecule has 4 heterocycles. The Morgan fingerprint density at radius 3 is 2.17 bits per heavy atom. The van der Waals surface area contributed by atoms with Gasteiger partial charge >= 0.3 is 193 Å². The second kappa shape index (κ2) is 24.9. The van der Waals surface area contributed by atoms with Gasteiger partial charge in [-0.1, -0.05) is 26.7 Å². The summed E-state index contributed by atoms with van der Waals surface area (Å²) in [5.74, 6) is -6.86. The summed E-state index contributed by atoms with van der Waals surface area (Å²) in [5.41, 5.74) is 5.38. The van der Waals surface area contributed by atoms with Crippen LogP contribution < -0.4 is 37.5 Å². The van der Waals surface area contributed by atoms with Crippen LogP contribution in [0.5, 0.6) is 0 Å². The van der Waals surface area contributed by atoms with E-state index in [0.717, 1.165) is 40.1 Å². The number of rotatable bonds is 21. The molecule has 0 bridgehead atoms. The first-order chi connectivity index (χ1) is 36.2. The van der Waals surface area contributed by atoms with Gasteiger partial charge in [0.2, 0.25) is 0 Å². The molecule has 0 spiro atoms. The zero-order valence-corrected chi connectivity index (χ0v) is 46.4. The number of carboxylic acid groups (broad SMARTS) is 1. The third-order valence-electron chi connectivity index (χ3n) is 14.1. The van der Waals surface area contributed by atoms with Crippen molar-refractivity contribution in [2.24, 2.45) is 5.92 Å². The Hall–Kier alpha value is -6.81. The average molecular weight is 1250 g/mol. The predicted molar refractivity (Wildman–Crippen MR) is 270 cm³/mol. The fourth-order valence-corrected chi connectivity index (χ4v) is 10.8. The van der Waals surface area contributed by atoms with Gasteiger partial charge in [-0.15, -0.1) is 0 Å². The molecular weight excluding hydrogens is 1190 g/mol. The maximum absolute atomic E-state index is 15.4. The first kappa shape index (κ1) is 56.9. The SMILES string of the molecule is CC1CC1.CCC1C(=O)CCc2c1cc1n(c2=O)Cc2c-1nc1cc(F)c(C)c3c1c2C(N(C)C(=O)COCNC(=O)CNC(=O)C([CH2][Pb])NC(=O)CNC(=O)CNC(=O)C(CNCC(=O)O)N1C(=O)C=CC1=O)CC3. The van der Waals surface area contributed by atoms with Gasteiger partial charge in [0.05, 0.1) is 36.0 Å². The minimum Gasteiger partial charge on any atom is -0.480 e. The molecule has 3 radical (unpaired) electrons. The third kappa shape index (κ3) is 12.9. The number of pyridine rings is 2. The van der Waals surface area contributed by atoms with Crippen molar-refractivity contribution in [2.45, 2.75) is 100 Å². The van der Waals surface area contributed by atoms with E-state index >= 15 is 4.39 Å². The number of likely N-dealkylation sites (N-methyl/N-ethyl adjacent to an activating group) is 1. The summed E-state index contributed by atoms with van der Waals surface area (Å²) < 4.78 is 22.8. The number of ether oxygens (including phenoxy) is 1.